The van der Waals surface area contributed by atoms with E-state index >= 15 is 0 Å². The maximum Gasteiger partial charge on any atom is 0.176 e. The number of aliphatic hydroxyl groups is 1. The second kappa shape index (κ2) is 5.22. The van der Waals surface area contributed by atoms with Crippen molar-refractivity contribution >= 4 is 39.3 Å². The van der Waals surface area contributed by atoms with Gasteiger partial charge in [0.25, 0.3) is 0 Å². The molecule has 1 aliphatic rings. The highest BCUT2D eigenvalue weighted by atomic mass is 32.2. The molecule has 0 aliphatic heterocycles. The minimum absolute atomic E-state index is 0.102. The van der Waals surface area contributed by atoms with Gasteiger partial charge in [-0.2, -0.15) is 0 Å². The highest BCUT2D eigenvalue weighted by Gasteiger charge is 2.28. The van der Waals surface area contributed by atoms with Crippen molar-refractivity contribution in [3.63, 3.8) is 0 Å². The Kier molecular flexibility index (Phi) is 3.60. The first-order valence-corrected chi connectivity index (χ1v) is 8.26. The Hall–Kier alpha value is -0.920. The standard InChI is InChI=1S/C12H16N4OS2/c1-16(5-7-3-8(17)4-7)11-9-10(13-6-14-11)15-12(18-2)19-9/h6-8,17H,3-5H2,1-2H3. The fourth-order valence-corrected chi connectivity index (χ4v) is 3.96. The van der Waals surface area contributed by atoms with Crippen LogP contribution < -0.4 is 4.90 Å². The van der Waals surface area contributed by atoms with E-state index in [0.29, 0.717) is 5.92 Å². The average molecular weight is 296 g/mol. The number of fused-ring (bicyclic) bond motifs is 1. The zero-order valence-corrected chi connectivity index (χ0v) is 12.5. The molecule has 2 aromatic rings. The quantitative estimate of drug-likeness (QED) is 0.871. The molecule has 3 rings (SSSR count). The van der Waals surface area contributed by atoms with Crippen molar-refractivity contribution in [3.05, 3.63) is 6.33 Å². The monoisotopic (exact) mass is 296 g/mol. The predicted octanol–water partition coefficient (Wildman–Crippen LogP) is 2.02. The molecule has 1 aliphatic carbocycles. The Labute approximate surface area is 120 Å². The van der Waals surface area contributed by atoms with Gasteiger partial charge in [0, 0.05) is 13.6 Å². The second-order valence-corrected chi connectivity index (χ2v) is 6.96. The van der Waals surface area contributed by atoms with Gasteiger partial charge in [0.15, 0.2) is 15.8 Å². The molecule has 0 aromatic carbocycles. The Morgan fingerprint density at radius 2 is 2.26 bits per heavy atom. The number of hydrogen-bond donors (Lipinski definition) is 1. The van der Waals surface area contributed by atoms with Gasteiger partial charge in [0.2, 0.25) is 0 Å². The Bertz CT molecular complexity index is 582. The molecule has 7 heteroatoms. The van der Waals surface area contributed by atoms with Crippen molar-refractivity contribution in [2.45, 2.75) is 23.3 Å². The number of rotatable bonds is 4. The molecule has 19 heavy (non-hydrogen) atoms. The molecular weight excluding hydrogens is 280 g/mol. The molecule has 0 unspecified atom stereocenters. The van der Waals surface area contributed by atoms with E-state index in [1.807, 2.05) is 13.3 Å². The zero-order valence-electron chi connectivity index (χ0n) is 10.9. The third-order valence-corrected chi connectivity index (χ3v) is 5.46. The number of thioether (sulfide) groups is 1. The van der Waals surface area contributed by atoms with Gasteiger partial charge in [0.1, 0.15) is 11.0 Å². The summed E-state index contributed by atoms with van der Waals surface area (Å²) in [5, 5.41) is 9.35. The van der Waals surface area contributed by atoms with Crippen LogP contribution in [0.1, 0.15) is 12.8 Å². The molecule has 2 aromatic heterocycles. The average Bonchev–Trinajstić information content (AvgIpc) is 2.79. The summed E-state index contributed by atoms with van der Waals surface area (Å²) in [6.07, 6.45) is 5.29. The first kappa shape index (κ1) is 13.1. The van der Waals surface area contributed by atoms with Crippen LogP contribution in [0.3, 0.4) is 0 Å². The molecule has 2 heterocycles. The molecule has 1 N–H and O–H groups in total. The van der Waals surface area contributed by atoms with Crippen LogP contribution in [-0.2, 0) is 0 Å². The van der Waals surface area contributed by atoms with Crippen molar-refractivity contribution in [3.8, 4) is 0 Å². The van der Waals surface area contributed by atoms with Crippen molar-refractivity contribution in [2.75, 3.05) is 24.7 Å². The molecule has 5 nitrogen and oxygen atoms in total. The Morgan fingerprint density at radius 3 is 2.95 bits per heavy atom. The fraction of sp³-hybridized carbons (Fsp3) is 0.583. The van der Waals surface area contributed by atoms with Gasteiger partial charge in [-0.25, -0.2) is 15.0 Å². The highest BCUT2D eigenvalue weighted by Crippen LogP contribution is 2.34. The molecule has 0 radical (unpaired) electrons. The lowest BCUT2D eigenvalue weighted by molar-refractivity contribution is 0.0464. The molecule has 1 fully saturated rings. The number of aliphatic hydroxyl groups excluding tert-OH is 1. The normalized spacial score (nSPS) is 22.5. The molecular formula is C12H16N4OS2. The zero-order chi connectivity index (χ0) is 13.4. The van der Waals surface area contributed by atoms with E-state index in [0.717, 1.165) is 39.9 Å². The van der Waals surface area contributed by atoms with E-state index in [-0.39, 0.29) is 6.10 Å². The Morgan fingerprint density at radius 1 is 1.47 bits per heavy atom. The summed E-state index contributed by atoms with van der Waals surface area (Å²) in [6, 6.07) is 0. The third-order valence-electron chi connectivity index (χ3n) is 3.43. The summed E-state index contributed by atoms with van der Waals surface area (Å²) >= 11 is 3.27. The highest BCUT2D eigenvalue weighted by molar-refractivity contribution is 8.00. The van der Waals surface area contributed by atoms with Gasteiger partial charge >= 0.3 is 0 Å². The van der Waals surface area contributed by atoms with Crippen LogP contribution in [0, 0.1) is 5.92 Å². The fourth-order valence-electron chi connectivity index (χ4n) is 2.41. The first-order valence-electron chi connectivity index (χ1n) is 6.22. The molecule has 0 bridgehead atoms. The molecule has 102 valence electrons. The van der Waals surface area contributed by atoms with Gasteiger partial charge in [-0.3, -0.25) is 0 Å². The summed E-state index contributed by atoms with van der Waals surface area (Å²) in [5.74, 6) is 1.52. The molecule has 0 amide bonds. The smallest absolute Gasteiger partial charge is 0.176 e. The molecule has 1 saturated carbocycles. The maximum absolute atomic E-state index is 9.35. The summed E-state index contributed by atoms with van der Waals surface area (Å²) in [6.45, 7) is 0.926. The maximum atomic E-state index is 9.35. The topological polar surface area (TPSA) is 62.1 Å². The summed E-state index contributed by atoms with van der Waals surface area (Å²) in [5.41, 5.74) is 0.778. The van der Waals surface area contributed by atoms with Gasteiger partial charge in [-0.15, -0.1) is 11.3 Å². The number of anilines is 1. The lowest BCUT2D eigenvalue weighted by Crippen LogP contribution is -2.37. The number of nitrogens with zero attached hydrogens (tertiary/aromatic N) is 4. The van der Waals surface area contributed by atoms with Gasteiger partial charge in [-0.05, 0) is 25.0 Å². The van der Waals surface area contributed by atoms with Gasteiger partial charge in [0.05, 0.1) is 6.10 Å². The van der Waals surface area contributed by atoms with E-state index in [4.69, 9.17) is 0 Å². The van der Waals surface area contributed by atoms with E-state index in [1.54, 1.807) is 29.4 Å². The molecule has 0 atom stereocenters. The molecule has 0 spiro atoms. The van der Waals surface area contributed by atoms with Gasteiger partial charge < -0.3 is 10.0 Å². The van der Waals surface area contributed by atoms with Gasteiger partial charge in [-0.1, -0.05) is 11.8 Å². The SMILES string of the molecule is CSc1nc2ncnc(N(C)CC3CC(O)C3)c2s1. The van der Waals surface area contributed by atoms with Crippen LogP contribution in [-0.4, -0.2) is 46.0 Å². The van der Waals surface area contributed by atoms with Crippen molar-refractivity contribution < 1.29 is 5.11 Å². The minimum atomic E-state index is -0.102. The first-order chi connectivity index (χ1) is 9.17. The second-order valence-electron chi connectivity index (χ2n) is 4.91. The van der Waals surface area contributed by atoms with E-state index < -0.39 is 0 Å². The van der Waals surface area contributed by atoms with Crippen LogP contribution in [0.15, 0.2) is 10.7 Å². The summed E-state index contributed by atoms with van der Waals surface area (Å²) in [7, 11) is 2.05. The van der Waals surface area contributed by atoms with Crippen LogP contribution in [0.2, 0.25) is 0 Å². The number of hydrogen-bond acceptors (Lipinski definition) is 7. The van der Waals surface area contributed by atoms with Crippen molar-refractivity contribution in [1.29, 1.82) is 0 Å². The van der Waals surface area contributed by atoms with E-state index in [9.17, 15) is 5.11 Å². The van der Waals surface area contributed by atoms with Crippen molar-refractivity contribution in [2.24, 2.45) is 5.92 Å². The van der Waals surface area contributed by atoms with E-state index in [1.165, 1.54) is 0 Å². The minimum Gasteiger partial charge on any atom is -0.393 e. The number of thiazole rings is 1. The summed E-state index contributed by atoms with van der Waals surface area (Å²) < 4.78 is 2.07. The van der Waals surface area contributed by atoms with E-state index in [2.05, 4.69) is 19.9 Å². The molecule has 0 saturated heterocycles. The summed E-state index contributed by atoms with van der Waals surface area (Å²) in [4.78, 5) is 15.2. The van der Waals surface area contributed by atoms with Crippen molar-refractivity contribution in [1.82, 2.24) is 15.0 Å². The third kappa shape index (κ3) is 2.54. The number of aromatic nitrogens is 3. The largest absolute Gasteiger partial charge is 0.393 e. The van der Waals surface area contributed by atoms with Crippen LogP contribution in [0.4, 0.5) is 5.82 Å². The Balaban J connectivity index is 1.84. The predicted molar refractivity (Wildman–Crippen MR) is 79.0 cm³/mol. The lowest BCUT2D eigenvalue weighted by atomic mass is 9.82. The lowest BCUT2D eigenvalue weighted by Gasteiger charge is -2.34. The van der Waals surface area contributed by atoms with Crippen LogP contribution in [0.5, 0.6) is 0 Å². The van der Waals surface area contributed by atoms with Crippen LogP contribution >= 0.6 is 23.1 Å². The van der Waals surface area contributed by atoms with Crippen LogP contribution in [0.25, 0.3) is 10.3 Å².